The SMILES string of the molecule is Cc1cc(OCc2ccccc2)cc(C)n1. The molecule has 0 saturated heterocycles. The molecule has 0 aliphatic heterocycles. The van der Waals surface area contributed by atoms with E-state index in [1.54, 1.807) is 0 Å². The summed E-state index contributed by atoms with van der Waals surface area (Å²) in [6, 6.07) is 14.1. The zero-order chi connectivity index (χ0) is 11.4. The van der Waals surface area contributed by atoms with Crippen molar-refractivity contribution in [3.05, 3.63) is 59.4 Å². The molecule has 0 unspecified atom stereocenters. The van der Waals surface area contributed by atoms with Crippen molar-refractivity contribution in [2.45, 2.75) is 20.5 Å². The number of pyridine rings is 1. The zero-order valence-electron chi connectivity index (χ0n) is 9.60. The van der Waals surface area contributed by atoms with Gasteiger partial charge in [-0.05, 0) is 19.4 Å². The largest absolute Gasteiger partial charge is 0.489 e. The van der Waals surface area contributed by atoms with Gasteiger partial charge in [-0.2, -0.15) is 0 Å². The zero-order valence-corrected chi connectivity index (χ0v) is 9.60. The smallest absolute Gasteiger partial charge is 0.123 e. The van der Waals surface area contributed by atoms with E-state index in [4.69, 9.17) is 4.74 Å². The van der Waals surface area contributed by atoms with Crippen LogP contribution in [-0.2, 0) is 6.61 Å². The van der Waals surface area contributed by atoms with Crippen molar-refractivity contribution in [3.63, 3.8) is 0 Å². The van der Waals surface area contributed by atoms with Gasteiger partial charge in [0.05, 0.1) is 0 Å². The van der Waals surface area contributed by atoms with Crippen LogP contribution < -0.4 is 4.74 Å². The molecule has 1 heterocycles. The number of ether oxygens (including phenoxy) is 1. The molecule has 1 aromatic heterocycles. The Morgan fingerprint density at radius 3 is 2.25 bits per heavy atom. The summed E-state index contributed by atoms with van der Waals surface area (Å²) in [6.45, 7) is 4.55. The lowest BCUT2D eigenvalue weighted by atomic mass is 10.2. The third kappa shape index (κ3) is 2.83. The highest BCUT2D eigenvalue weighted by molar-refractivity contribution is 5.26. The number of nitrogens with zero attached hydrogens (tertiary/aromatic N) is 1. The maximum atomic E-state index is 5.71. The predicted octanol–water partition coefficient (Wildman–Crippen LogP) is 3.28. The van der Waals surface area contributed by atoms with Crippen LogP contribution in [0, 0.1) is 13.8 Å². The molecular weight excluding hydrogens is 198 g/mol. The Balaban J connectivity index is 2.05. The second-order valence-electron chi connectivity index (χ2n) is 3.86. The van der Waals surface area contributed by atoms with Crippen LogP contribution in [0.15, 0.2) is 42.5 Å². The van der Waals surface area contributed by atoms with Crippen LogP contribution in [0.5, 0.6) is 5.75 Å². The van der Waals surface area contributed by atoms with Crippen LogP contribution in [-0.4, -0.2) is 4.98 Å². The highest BCUT2D eigenvalue weighted by Crippen LogP contribution is 2.15. The highest BCUT2D eigenvalue weighted by atomic mass is 16.5. The molecule has 0 radical (unpaired) electrons. The molecule has 2 nitrogen and oxygen atoms in total. The van der Waals surface area contributed by atoms with Crippen molar-refractivity contribution in [1.82, 2.24) is 4.98 Å². The maximum absolute atomic E-state index is 5.71. The van der Waals surface area contributed by atoms with E-state index < -0.39 is 0 Å². The van der Waals surface area contributed by atoms with Gasteiger partial charge in [-0.3, -0.25) is 4.98 Å². The van der Waals surface area contributed by atoms with Gasteiger partial charge in [-0.15, -0.1) is 0 Å². The van der Waals surface area contributed by atoms with Crippen LogP contribution in [0.3, 0.4) is 0 Å². The van der Waals surface area contributed by atoms with Gasteiger partial charge in [-0.1, -0.05) is 30.3 Å². The highest BCUT2D eigenvalue weighted by Gasteiger charge is 1.98. The Morgan fingerprint density at radius 2 is 1.62 bits per heavy atom. The number of rotatable bonds is 3. The van der Waals surface area contributed by atoms with Crippen molar-refractivity contribution >= 4 is 0 Å². The van der Waals surface area contributed by atoms with Gasteiger partial charge in [0.2, 0.25) is 0 Å². The van der Waals surface area contributed by atoms with Crippen LogP contribution in [0.1, 0.15) is 17.0 Å². The second kappa shape index (κ2) is 4.79. The third-order valence-electron chi connectivity index (χ3n) is 2.30. The molecule has 0 fully saturated rings. The predicted molar refractivity (Wildman–Crippen MR) is 64.5 cm³/mol. The molecule has 2 heteroatoms. The summed E-state index contributed by atoms with van der Waals surface area (Å²) in [5, 5.41) is 0. The fraction of sp³-hybridized carbons (Fsp3) is 0.214. The van der Waals surface area contributed by atoms with Crippen LogP contribution in [0.25, 0.3) is 0 Å². The van der Waals surface area contributed by atoms with Crippen molar-refractivity contribution < 1.29 is 4.74 Å². The van der Waals surface area contributed by atoms with Crippen molar-refractivity contribution in [3.8, 4) is 5.75 Å². The number of hydrogen-bond acceptors (Lipinski definition) is 2. The van der Waals surface area contributed by atoms with E-state index in [0.29, 0.717) is 6.61 Å². The maximum Gasteiger partial charge on any atom is 0.123 e. The molecule has 2 rings (SSSR count). The first-order chi connectivity index (χ1) is 7.74. The van der Waals surface area contributed by atoms with Gasteiger partial charge in [0.15, 0.2) is 0 Å². The van der Waals surface area contributed by atoms with Crippen molar-refractivity contribution in [2.75, 3.05) is 0 Å². The third-order valence-corrected chi connectivity index (χ3v) is 2.30. The Bertz CT molecular complexity index is 445. The van der Waals surface area contributed by atoms with Crippen LogP contribution in [0.4, 0.5) is 0 Å². The van der Waals surface area contributed by atoms with Crippen molar-refractivity contribution in [2.24, 2.45) is 0 Å². The molecular formula is C14H15NO. The molecule has 0 aliphatic carbocycles. The summed E-state index contributed by atoms with van der Waals surface area (Å²) in [7, 11) is 0. The molecule has 0 spiro atoms. The number of hydrogen-bond donors (Lipinski definition) is 0. The van der Waals surface area contributed by atoms with E-state index in [-0.39, 0.29) is 0 Å². The quantitative estimate of drug-likeness (QED) is 0.780. The molecule has 0 aliphatic rings. The van der Waals surface area contributed by atoms with Crippen LogP contribution >= 0.6 is 0 Å². The normalized spacial score (nSPS) is 10.1. The van der Waals surface area contributed by atoms with Gasteiger partial charge in [-0.25, -0.2) is 0 Å². The monoisotopic (exact) mass is 213 g/mol. The summed E-state index contributed by atoms with van der Waals surface area (Å²) >= 11 is 0. The number of aromatic nitrogens is 1. The first kappa shape index (κ1) is 10.7. The fourth-order valence-electron chi connectivity index (χ4n) is 1.62. The van der Waals surface area contributed by atoms with E-state index in [0.717, 1.165) is 17.1 Å². The topological polar surface area (TPSA) is 22.1 Å². The summed E-state index contributed by atoms with van der Waals surface area (Å²) < 4.78 is 5.71. The molecule has 0 bridgehead atoms. The lowest BCUT2D eigenvalue weighted by molar-refractivity contribution is 0.305. The van der Waals surface area contributed by atoms with Crippen molar-refractivity contribution in [1.29, 1.82) is 0 Å². The minimum Gasteiger partial charge on any atom is -0.489 e. The van der Waals surface area contributed by atoms with E-state index in [9.17, 15) is 0 Å². The Morgan fingerprint density at radius 1 is 1.00 bits per heavy atom. The number of benzene rings is 1. The Kier molecular flexibility index (Phi) is 3.20. The number of aryl methyl sites for hydroxylation is 2. The molecule has 0 atom stereocenters. The second-order valence-corrected chi connectivity index (χ2v) is 3.86. The first-order valence-electron chi connectivity index (χ1n) is 5.36. The van der Waals surface area contributed by atoms with E-state index in [2.05, 4.69) is 17.1 Å². The Hall–Kier alpha value is -1.83. The molecule has 16 heavy (non-hydrogen) atoms. The summed E-state index contributed by atoms with van der Waals surface area (Å²) in [5.74, 6) is 0.883. The minimum atomic E-state index is 0.601. The van der Waals surface area contributed by atoms with Gasteiger partial charge in [0.1, 0.15) is 12.4 Å². The summed E-state index contributed by atoms with van der Waals surface area (Å²) in [6.07, 6.45) is 0. The minimum absolute atomic E-state index is 0.601. The Labute approximate surface area is 95.9 Å². The van der Waals surface area contributed by atoms with Gasteiger partial charge >= 0.3 is 0 Å². The van der Waals surface area contributed by atoms with Gasteiger partial charge < -0.3 is 4.74 Å². The van der Waals surface area contributed by atoms with Crippen LogP contribution in [0.2, 0.25) is 0 Å². The van der Waals surface area contributed by atoms with Gasteiger partial charge in [0.25, 0.3) is 0 Å². The lowest BCUT2D eigenvalue weighted by Gasteiger charge is -2.07. The first-order valence-corrected chi connectivity index (χ1v) is 5.36. The molecule has 82 valence electrons. The molecule has 0 N–H and O–H groups in total. The average Bonchev–Trinajstić information content (AvgIpc) is 2.27. The molecule has 2 aromatic rings. The molecule has 0 amide bonds. The van der Waals surface area contributed by atoms with E-state index >= 15 is 0 Å². The average molecular weight is 213 g/mol. The summed E-state index contributed by atoms with van der Waals surface area (Å²) in [5.41, 5.74) is 3.15. The standard InChI is InChI=1S/C14H15NO/c1-11-8-14(9-12(2)15-11)16-10-13-6-4-3-5-7-13/h3-9H,10H2,1-2H3. The summed E-state index contributed by atoms with van der Waals surface area (Å²) in [4.78, 5) is 4.31. The van der Waals surface area contributed by atoms with E-state index in [1.807, 2.05) is 44.2 Å². The fourth-order valence-corrected chi connectivity index (χ4v) is 1.62. The van der Waals surface area contributed by atoms with Gasteiger partial charge in [0, 0.05) is 23.5 Å². The van der Waals surface area contributed by atoms with E-state index in [1.165, 1.54) is 5.56 Å². The molecule has 0 saturated carbocycles. The lowest BCUT2D eigenvalue weighted by Crippen LogP contribution is -1.96. The molecule has 1 aromatic carbocycles.